The van der Waals surface area contributed by atoms with Gasteiger partial charge in [0.25, 0.3) is 0 Å². The number of carbonyl (C=O) groups excluding carboxylic acids is 2. The van der Waals surface area contributed by atoms with Gasteiger partial charge in [0.05, 0.1) is 7.11 Å². The summed E-state index contributed by atoms with van der Waals surface area (Å²) < 4.78 is 9.18. The van der Waals surface area contributed by atoms with Crippen molar-refractivity contribution in [2.75, 3.05) is 14.2 Å². The lowest BCUT2D eigenvalue weighted by atomic mass is 10.1. The van der Waals surface area contributed by atoms with Gasteiger partial charge in [-0.3, -0.25) is 4.79 Å². The van der Waals surface area contributed by atoms with E-state index in [1.165, 1.54) is 14.2 Å². The van der Waals surface area contributed by atoms with Crippen molar-refractivity contribution in [2.45, 2.75) is 26.5 Å². The van der Waals surface area contributed by atoms with Crippen molar-refractivity contribution in [1.82, 2.24) is 5.32 Å². The predicted molar refractivity (Wildman–Crippen MR) is 50.4 cm³/mol. The highest BCUT2D eigenvalue weighted by atomic mass is 16.6. The summed E-state index contributed by atoms with van der Waals surface area (Å²) >= 11 is 0. The molecule has 0 saturated heterocycles. The molecule has 1 unspecified atom stereocenters. The Kier molecular flexibility index (Phi) is 5.87. The van der Waals surface area contributed by atoms with Crippen LogP contribution in [0.5, 0.6) is 0 Å². The summed E-state index contributed by atoms with van der Waals surface area (Å²) in [4.78, 5) is 22.2. The van der Waals surface area contributed by atoms with Crippen LogP contribution in [-0.4, -0.2) is 32.3 Å². The van der Waals surface area contributed by atoms with Crippen molar-refractivity contribution in [3.63, 3.8) is 0 Å². The molecule has 5 heteroatoms. The van der Waals surface area contributed by atoms with E-state index < -0.39 is 12.2 Å². The monoisotopic (exact) mass is 203 g/mol. The first-order chi connectivity index (χ1) is 6.51. The molecule has 0 aromatic carbocycles. The molecular weight excluding hydrogens is 186 g/mol. The zero-order chi connectivity index (χ0) is 11.1. The Morgan fingerprint density at radius 3 is 2.21 bits per heavy atom. The minimum absolute atomic E-state index is 0.225. The Labute approximate surface area is 83.8 Å². The van der Waals surface area contributed by atoms with Gasteiger partial charge in [0.15, 0.2) is 0 Å². The van der Waals surface area contributed by atoms with Gasteiger partial charge >= 0.3 is 5.97 Å². The van der Waals surface area contributed by atoms with Gasteiger partial charge in [0, 0.05) is 13.5 Å². The number of esters is 1. The van der Waals surface area contributed by atoms with Crippen LogP contribution in [0.15, 0.2) is 0 Å². The van der Waals surface area contributed by atoms with E-state index in [1.807, 2.05) is 13.8 Å². The van der Waals surface area contributed by atoms with Gasteiger partial charge < -0.3 is 14.8 Å². The molecule has 14 heavy (non-hydrogen) atoms. The third kappa shape index (κ3) is 4.81. The first kappa shape index (κ1) is 12.9. The second kappa shape index (κ2) is 6.37. The number of amides is 1. The lowest BCUT2D eigenvalue weighted by molar-refractivity contribution is -0.157. The number of hydrogen-bond acceptors (Lipinski definition) is 4. The van der Waals surface area contributed by atoms with Gasteiger partial charge in [-0.05, 0) is 5.92 Å². The SMILES string of the molecule is COC(=O)C(NC(=O)CC(C)C)OC. The lowest BCUT2D eigenvalue weighted by Gasteiger charge is -2.15. The first-order valence-electron chi connectivity index (χ1n) is 4.41. The summed E-state index contributed by atoms with van der Waals surface area (Å²) in [5.74, 6) is -0.591. The molecule has 0 aromatic rings. The molecule has 5 nitrogen and oxygen atoms in total. The molecule has 0 bridgehead atoms. The smallest absolute Gasteiger partial charge is 0.356 e. The van der Waals surface area contributed by atoms with Crippen LogP contribution in [-0.2, 0) is 19.1 Å². The second-order valence-corrected chi connectivity index (χ2v) is 3.30. The fraction of sp³-hybridized carbons (Fsp3) is 0.778. The molecule has 0 heterocycles. The molecule has 0 aliphatic rings. The first-order valence-corrected chi connectivity index (χ1v) is 4.41. The third-order valence-corrected chi connectivity index (χ3v) is 1.54. The largest absolute Gasteiger partial charge is 0.466 e. The number of methoxy groups -OCH3 is 2. The fourth-order valence-electron chi connectivity index (χ4n) is 0.897. The molecule has 1 atom stereocenters. The Morgan fingerprint density at radius 1 is 1.29 bits per heavy atom. The molecule has 82 valence electrons. The highest BCUT2D eigenvalue weighted by molar-refractivity contribution is 5.83. The van der Waals surface area contributed by atoms with Crippen LogP contribution in [0.4, 0.5) is 0 Å². The van der Waals surface area contributed by atoms with Crippen LogP contribution in [0.1, 0.15) is 20.3 Å². The predicted octanol–water partition coefficient (Wildman–Crippen LogP) is 0.294. The van der Waals surface area contributed by atoms with Crippen molar-refractivity contribution in [1.29, 1.82) is 0 Å². The zero-order valence-electron chi connectivity index (χ0n) is 8.99. The van der Waals surface area contributed by atoms with Crippen LogP contribution in [0, 0.1) is 5.92 Å². The normalized spacial score (nSPS) is 12.4. The highest BCUT2D eigenvalue weighted by Gasteiger charge is 2.20. The Hall–Kier alpha value is -1.10. The van der Waals surface area contributed by atoms with Crippen LogP contribution in [0.2, 0.25) is 0 Å². The van der Waals surface area contributed by atoms with E-state index in [2.05, 4.69) is 10.1 Å². The average Bonchev–Trinajstić information content (AvgIpc) is 2.11. The summed E-state index contributed by atoms with van der Waals surface area (Å²) in [7, 11) is 2.57. The highest BCUT2D eigenvalue weighted by Crippen LogP contribution is 1.99. The van der Waals surface area contributed by atoms with Crippen molar-refractivity contribution < 1.29 is 19.1 Å². The van der Waals surface area contributed by atoms with Crippen molar-refractivity contribution in [2.24, 2.45) is 5.92 Å². The Morgan fingerprint density at radius 2 is 1.86 bits per heavy atom. The molecule has 0 rings (SSSR count). The maximum absolute atomic E-state index is 11.2. The summed E-state index contributed by atoms with van der Waals surface area (Å²) in [6.07, 6.45) is -0.650. The van der Waals surface area contributed by atoms with E-state index in [-0.39, 0.29) is 11.8 Å². The maximum Gasteiger partial charge on any atom is 0.356 e. The van der Waals surface area contributed by atoms with E-state index in [1.54, 1.807) is 0 Å². The quantitative estimate of drug-likeness (QED) is 0.515. The number of nitrogens with one attached hydrogen (secondary N) is 1. The van der Waals surface area contributed by atoms with E-state index >= 15 is 0 Å². The molecule has 1 N–H and O–H groups in total. The third-order valence-electron chi connectivity index (χ3n) is 1.54. The maximum atomic E-state index is 11.2. The number of hydrogen-bond donors (Lipinski definition) is 1. The second-order valence-electron chi connectivity index (χ2n) is 3.30. The van der Waals surface area contributed by atoms with Crippen LogP contribution in [0.25, 0.3) is 0 Å². The number of carbonyl (C=O) groups is 2. The zero-order valence-corrected chi connectivity index (χ0v) is 8.99. The van der Waals surface area contributed by atoms with Crippen LogP contribution < -0.4 is 5.32 Å². The number of rotatable bonds is 5. The minimum Gasteiger partial charge on any atom is -0.466 e. The Balaban J connectivity index is 4.05. The van der Waals surface area contributed by atoms with Gasteiger partial charge in [-0.1, -0.05) is 13.8 Å². The summed E-state index contributed by atoms with van der Waals surface area (Å²) in [5.41, 5.74) is 0. The fourth-order valence-corrected chi connectivity index (χ4v) is 0.897. The molecule has 0 saturated carbocycles. The molecule has 0 aliphatic carbocycles. The summed E-state index contributed by atoms with van der Waals surface area (Å²) in [6.45, 7) is 3.83. The van der Waals surface area contributed by atoms with E-state index in [9.17, 15) is 9.59 Å². The molecule has 1 amide bonds. The lowest BCUT2D eigenvalue weighted by Crippen LogP contribution is -2.43. The van der Waals surface area contributed by atoms with Gasteiger partial charge in [-0.25, -0.2) is 4.79 Å². The van der Waals surface area contributed by atoms with Gasteiger partial charge in [0.2, 0.25) is 12.1 Å². The summed E-state index contributed by atoms with van der Waals surface area (Å²) in [5, 5.41) is 2.41. The summed E-state index contributed by atoms with van der Waals surface area (Å²) in [6, 6.07) is 0. The molecule has 0 radical (unpaired) electrons. The molecule has 0 aliphatic heterocycles. The Bertz CT molecular complexity index is 203. The van der Waals surface area contributed by atoms with Crippen molar-refractivity contribution >= 4 is 11.9 Å². The van der Waals surface area contributed by atoms with E-state index in [0.29, 0.717) is 6.42 Å². The average molecular weight is 203 g/mol. The van der Waals surface area contributed by atoms with Gasteiger partial charge in [0.1, 0.15) is 0 Å². The van der Waals surface area contributed by atoms with E-state index in [4.69, 9.17) is 4.74 Å². The molecule has 0 fully saturated rings. The molecule has 0 spiro atoms. The topological polar surface area (TPSA) is 64.6 Å². The van der Waals surface area contributed by atoms with Gasteiger partial charge in [-0.2, -0.15) is 0 Å². The van der Waals surface area contributed by atoms with Crippen LogP contribution >= 0.6 is 0 Å². The minimum atomic E-state index is -1.01. The number of ether oxygens (including phenoxy) is 2. The van der Waals surface area contributed by atoms with Crippen molar-refractivity contribution in [3.8, 4) is 0 Å². The van der Waals surface area contributed by atoms with Crippen LogP contribution in [0.3, 0.4) is 0 Å². The van der Waals surface area contributed by atoms with Crippen molar-refractivity contribution in [3.05, 3.63) is 0 Å². The van der Waals surface area contributed by atoms with E-state index in [0.717, 1.165) is 0 Å². The molecular formula is C9H17NO4. The molecule has 0 aromatic heterocycles. The van der Waals surface area contributed by atoms with Gasteiger partial charge in [-0.15, -0.1) is 0 Å². The standard InChI is InChI=1S/C9H17NO4/c1-6(2)5-7(11)10-8(13-3)9(12)14-4/h6,8H,5H2,1-4H3,(H,10,11).